The molecule has 0 saturated heterocycles. The summed E-state index contributed by atoms with van der Waals surface area (Å²) in [5, 5.41) is 25.8. The zero-order valence-electron chi connectivity index (χ0n) is 25.0. The predicted octanol–water partition coefficient (Wildman–Crippen LogP) is 7.69. The Morgan fingerprint density at radius 2 is 1.19 bits per heavy atom. The number of aromatic hydroxyl groups is 1. The first-order valence-corrected chi connectivity index (χ1v) is 19.1. The molecule has 2 aliphatic rings. The highest BCUT2D eigenvalue weighted by Crippen LogP contribution is 2.38. The summed E-state index contributed by atoms with van der Waals surface area (Å²) < 4.78 is 55.1. The largest absolute Gasteiger partial charge is 0.504 e. The maximum Gasteiger partial charge on any atom is 0.323 e. The number of nitrogens with one attached hydrogen (secondary N) is 4. The van der Waals surface area contributed by atoms with E-state index >= 15 is 0 Å². The third kappa shape index (κ3) is 9.41. The van der Waals surface area contributed by atoms with Gasteiger partial charge in [-0.1, -0.05) is 84.2 Å². The average molecular weight is 784 g/mol. The topological polar surface area (TPSA) is 197 Å². The molecule has 260 valence electrons. The number of benzene rings is 3. The molecule has 0 heterocycles. The zero-order chi connectivity index (χ0) is 35.2. The number of anilines is 2. The number of para-hydroxylation sites is 1. The van der Waals surface area contributed by atoms with E-state index in [2.05, 4.69) is 20.1 Å². The highest BCUT2D eigenvalue weighted by Gasteiger charge is 2.31. The molecule has 0 atom stereocenters. The van der Waals surface area contributed by atoms with Gasteiger partial charge < -0.3 is 15.7 Å². The van der Waals surface area contributed by atoms with Gasteiger partial charge >= 0.3 is 6.03 Å². The van der Waals surface area contributed by atoms with Crippen LogP contribution < -0.4 is 20.1 Å². The Bertz CT molecular complexity index is 1900. The number of rotatable bonds is 9. The van der Waals surface area contributed by atoms with Gasteiger partial charge in [-0.05, 0) is 56.0 Å². The highest BCUT2D eigenvalue weighted by atomic mass is 35.5. The molecule has 0 radical (unpaired) electrons. The number of urea groups is 1. The molecule has 2 amide bonds. The van der Waals surface area contributed by atoms with Crippen molar-refractivity contribution in [3.8, 4) is 5.75 Å². The molecule has 48 heavy (non-hydrogen) atoms. The monoisotopic (exact) mass is 781 g/mol. The fourth-order valence-corrected chi connectivity index (χ4v) is 9.92. The number of hydrogen-bond donors (Lipinski definition) is 5. The average Bonchev–Trinajstić information content (AvgIpc) is 3.70. The third-order valence-electron chi connectivity index (χ3n) is 7.57. The van der Waals surface area contributed by atoms with Gasteiger partial charge in [-0.25, -0.2) is 31.1 Å². The van der Waals surface area contributed by atoms with Crippen molar-refractivity contribution in [2.75, 3.05) is 10.6 Å². The van der Waals surface area contributed by atoms with Crippen LogP contribution in [0.5, 0.6) is 5.75 Å². The molecule has 0 aliphatic heterocycles. The Morgan fingerprint density at radius 1 is 0.708 bits per heavy atom. The summed E-state index contributed by atoms with van der Waals surface area (Å²) in [6, 6.07) is 10.4. The van der Waals surface area contributed by atoms with Gasteiger partial charge in [-0.15, -0.1) is 0 Å². The number of sulfonamides is 2. The minimum atomic E-state index is -4.05. The molecule has 2 aliphatic carbocycles. The summed E-state index contributed by atoms with van der Waals surface area (Å²) in [5.74, 6) is -0.632. The summed E-state index contributed by atoms with van der Waals surface area (Å²) in [6.45, 7) is 0. The fraction of sp³-hybridized carbons (Fsp3) is 0.345. The van der Waals surface area contributed by atoms with E-state index in [1.54, 1.807) is 24.3 Å². The molecule has 0 bridgehead atoms. The van der Waals surface area contributed by atoms with E-state index in [1.165, 1.54) is 12.1 Å². The van der Waals surface area contributed by atoms with Crippen LogP contribution in [0.4, 0.5) is 21.9 Å². The molecule has 0 spiro atoms. The Hall–Kier alpha value is -2.89. The predicted molar refractivity (Wildman–Crippen MR) is 185 cm³/mol. The highest BCUT2D eigenvalue weighted by molar-refractivity contribution is 7.90. The maximum absolute atomic E-state index is 12.7. The van der Waals surface area contributed by atoms with E-state index in [9.17, 15) is 36.9 Å². The first kappa shape index (κ1) is 37.9. The maximum atomic E-state index is 12.7. The number of amides is 2. The Kier molecular flexibility index (Phi) is 12.8. The van der Waals surface area contributed by atoms with Gasteiger partial charge in [-0.3, -0.25) is 10.1 Å². The number of nitro benzene ring substituents is 1. The lowest BCUT2D eigenvalue weighted by molar-refractivity contribution is -0.384. The summed E-state index contributed by atoms with van der Waals surface area (Å²) in [7, 11) is -8.03. The van der Waals surface area contributed by atoms with Gasteiger partial charge in [-0.2, -0.15) is 0 Å². The molecule has 5 N–H and O–H groups in total. The van der Waals surface area contributed by atoms with Crippen LogP contribution in [0.1, 0.15) is 51.4 Å². The number of phenolic OH excluding ortho intramolecular Hbond substituents is 1. The van der Waals surface area contributed by atoms with E-state index in [4.69, 9.17) is 46.4 Å². The number of nitro groups is 1. The molecule has 2 fully saturated rings. The van der Waals surface area contributed by atoms with Crippen LogP contribution in [-0.4, -0.2) is 45.0 Å². The van der Waals surface area contributed by atoms with Gasteiger partial charge in [0.15, 0.2) is 5.75 Å². The van der Waals surface area contributed by atoms with Gasteiger partial charge in [0.2, 0.25) is 20.0 Å². The van der Waals surface area contributed by atoms with Crippen LogP contribution in [0.15, 0.2) is 58.3 Å². The van der Waals surface area contributed by atoms with E-state index < -0.39 is 57.3 Å². The second kappa shape index (κ2) is 16.2. The normalized spacial score (nSPS) is 15.5. The van der Waals surface area contributed by atoms with Crippen LogP contribution in [0, 0.1) is 10.1 Å². The molecular formula is C29H31Cl4N5O8S2. The lowest BCUT2D eigenvalue weighted by atomic mass is 10.3. The van der Waals surface area contributed by atoms with Crippen molar-refractivity contribution in [1.29, 1.82) is 0 Å². The number of nitrogens with zero attached hydrogens (tertiary/aromatic N) is 1. The molecule has 3 aromatic rings. The van der Waals surface area contributed by atoms with Crippen LogP contribution in [-0.2, 0) is 20.0 Å². The van der Waals surface area contributed by atoms with Crippen molar-refractivity contribution in [1.82, 2.24) is 9.44 Å². The lowest BCUT2D eigenvalue weighted by Crippen LogP contribution is -2.33. The van der Waals surface area contributed by atoms with Crippen molar-refractivity contribution >= 4 is 89.5 Å². The molecule has 19 heteroatoms. The molecular weight excluding hydrogens is 752 g/mol. The van der Waals surface area contributed by atoms with Crippen molar-refractivity contribution < 1.29 is 31.7 Å². The quantitative estimate of drug-likeness (QED) is 0.0827. The first-order chi connectivity index (χ1) is 22.6. The zero-order valence-corrected chi connectivity index (χ0v) is 29.7. The minimum absolute atomic E-state index is 0.0965. The van der Waals surface area contributed by atoms with Crippen molar-refractivity contribution in [3.63, 3.8) is 0 Å². The summed E-state index contributed by atoms with van der Waals surface area (Å²) >= 11 is 23.7. The number of carbonyl (C=O) groups excluding carboxylic acids is 1. The summed E-state index contributed by atoms with van der Waals surface area (Å²) in [4.78, 5) is 21.4. The van der Waals surface area contributed by atoms with Gasteiger partial charge in [0.1, 0.15) is 14.8 Å². The van der Waals surface area contributed by atoms with Crippen molar-refractivity contribution in [2.45, 2.75) is 73.2 Å². The smallest absolute Gasteiger partial charge is 0.323 e. The van der Waals surface area contributed by atoms with Crippen LogP contribution >= 0.6 is 46.4 Å². The summed E-state index contributed by atoms with van der Waals surface area (Å²) in [5.41, 5.74) is -0.213. The second-order valence-corrected chi connectivity index (χ2v) is 15.9. The van der Waals surface area contributed by atoms with Gasteiger partial charge in [0, 0.05) is 18.2 Å². The summed E-state index contributed by atoms with van der Waals surface area (Å²) in [6.07, 6.45) is 6.72. The van der Waals surface area contributed by atoms with Crippen molar-refractivity contribution in [2.24, 2.45) is 0 Å². The number of halogens is 4. The molecule has 0 unspecified atom stereocenters. The second-order valence-electron chi connectivity index (χ2n) is 11.0. The van der Waals surface area contributed by atoms with Crippen LogP contribution in [0.3, 0.4) is 0 Å². The SMILES string of the molecule is O=C(Nc1ccccc1Cl)Nc1ccc(Cl)c(S(=O)(=O)NC2CCCC2)c1O.O=[N+]([O-])c1ccc(Cl)c(S(=O)(=O)NC2CCCC2)c1Cl. The molecule has 0 aromatic heterocycles. The lowest BCUT2D eigenvalue weighted by Gasteiger charge is -2.17. The van der Waals surface area contributed by atoms with Crippen LogP contribution in [0.2, 0.25) is 20.1 Å². The number of carbonyl (C=O) groups is 1. The van der Waals surface area contributed by atoms with E-state index in [0.29, 0.717) is 10.7 Å². The molecule has 13 nitrogen and oxygen atoms in total. The third-order valence-corrected chi connectivity index (χ3v) is 12.4. The fourth-order valence-electron chi connectivity index (χ4n) is 5.29. The molecule has 5 rings (SSSR count). The Balaban J connectivity index is 0.000000229. The number of phenols is 1. The van der Waals surface area contributed by atoms with E-state index in [0.717, 1.165) is 63.5 Å². The van der Waals surface area contributed by atoms with Gasteiger partial charge in [0.25, 0.3) is 5.69 Å². The van der Waals surface area contributed by atoms with Crippen LogP contribution in [0.25, 0.3) is 0 Å². The standard InChI is InChI=1S/C18H19Cl2N3O4S.C11H12Cl2N2O4S/c19-12-7-3-4-8-14(12)21-18(25)22-15-10-9-13(20)17(16(15)24)28(26,27)23-11-5-1-2-6-11;12-8-5-6-9(15(16)17)10(13)11(8)20(18,19)14-7-3-1-2-4-7/h3-4,7-11,23-24H,1-2,5-6H2,(H2,21,22,25);5-7,14H,1-4H2. The van der Waals surface area contributed by atoms with Crippen molar-refractivity contribution in [3.05, 3.63) is 78.7 Å². The Morgan fingerprint density at radius 3 is 1.73 bits per heavy atom. The molecule has 3 aromatic carbocycles. The Labute approximate surface area is 297 Å². The first-order valence-electron chi connectivity index (χ1n) is 14.6. The van der Waals surface area contributed by atoms with E-state index in [-0.39, 0.29) is 27.8 Å². The molecule has 2 saturated carbocycles. The van der Waals surface area contributed by atoms with E-state index in [1.807, 2.05) is 0 Å². The number of hydrogen-bond acceptors (Lipinski definition) is 8. The minimum Gasteiger partial charge on any atom is -0.504 e. The van der Waals surface area contributed by atoms with Gasteiger partial charge in [0.05, 0.1) is 31.4 Å².